The fourth-order valence-corrected chi connectivity index (χ4v) is 3.73. The highest BCUT2D eigenvalue weighted by molar-refractivity contribution is 9.10. The second kappa shape index (κ2) is 8.89. The van der Waals surface area contributed by atoms with Gasteiger partial charge in [-0.1, -0.05) is 22.0 Å². The number of halogens is 1. The minimum Gasteiger partial charge on any atom is -0.436 e. The van der Waals surface area contributed by atoms with Crippen molar-refractivity contribution in [2.75, 3.05) is 16.8 Å². The monoisotopic (exact) mass is 479 g/mol. The number of aromatic nitrogens is 1. The molecule has 0 atom stereocenters. The lowest BCUT2D eigenvalue weighted by Crippen LogP contribution is -2.32. The van der Waals surface area contributed by atoms with Crippen molar-refractivity contribution in [3.63, 3.8) is 0 Å². The van der Waals surface area contributed by atoms with Crippen LogP contribution in [0.4, 0.5) is 11.4 Å². The van der Waals surface area contributed by atoms with Crippen LogP contribution in [0.15, 0.2) is 59.2 Å². The normalized spacial score (nSPS) is 12.5. The maximum Gasteiger partial charge on any atom is 0.263 e. The van der Waals surface area contributed by atoms with Gasteiger partial charge in [-0.3, -0.25) is 9.59 Å². The van der Waals surface area contributed by atoms with E-state index in [1.165, 1.54) is 0 Å². The molecule has 158 valence electrons. The van der Waals surface area contributed by atoms with Crippen LogP contribution >= 0.6 is 15.9 Å². The SMILES string of the molecule is Cc1ccc2c(c1)N(CCCC(=O)Nc1ccc(Br)c(C)c1)C(=O)c1cccnc1O2. The topological polar surface area (TPSA) is 71.5 Å². The van der Waals surface area contributed by atoms with Crippen LogP contribution in [0.3, 0.4) is 0 Å². The predicted octanol–water partition coefficient (Wildman–Crippen LogP) is 5.63. The molecular weight excluding hydrogens is 458 g/mol. The summed E-state index contributed by atoms with van der Waals surface area (Å²) in [5.74, 6) is 0.595. The number of pyridine rings is 1. The van der Waals surface area contributed by atoms with Crippen molar-refractivity contribution in [1.29, 1.82) is 0 Å². The van der Waals surface area contributed by atoms with Crippen LogP contribution in [0, 0.1) is 13.8 Å². The molecule has 1 aromatic heterocycles. The standard InChI is InChI=1S/C24H22BrN3O3/c1-15-7-10-21-20(13-15)28(24(30)18-5-3-11-26-23(18)31-21)12-4-6-22(29)27-17-8-9-19(25)16(2)14-17/h3,5,7-11,13-14H,4,6,12H2,1-2H3,(H,27,29). The van der Waals surface area contributed by atoms with Gasteiger partial charge in [0.25, 0.3) is 5.91 Å². The molecule has 1 aliphatic rings. The number of nitrogens with one attached hydrogen (secondary N) is 1. The first-order chi connectivity index (χ1) is 14.9. The summed E-state index contributed by atoms with van der Waals surface area (Å²) in [4.78, 5) is 31.6. The number of fused-ring (bicyclic) bond motifs is 2. The zero-order valence-corrected chi connectivity index (χ0v) is 18.9. The number of rotatable bonds is 5. The summed E-state index contributed by atoms with van der Waals surface area (Å²) >= 11 is 3.46. The van der Waals surface area contributed by atoms with Gasteiger partial charge in [-0.05, 0) is 73.9 Å². The van der Waals surface area contributed by atoms with Gasteiger partial charge in [-0.15, -0.1) is 0 Å². The Morgan fingerprint density at radius 3 is 2.81 bits per heavy atom. The maximum atomic E-state index is 13.2. The molecule has 2 heterocycles. The van der Waals surface area contributed by atoms with Crippen molar-refractivity contribution in [3.8, 4) is 11.6 Å². The van der Waals surface area contributed by atoms with Gasteiger partial charge < -0.3 is 15.0 Å². The Morgan fingerprint density at radius 1 is 1.16 bits per heavy atom. The number of carbonyl (C=O) groups excluding carboxylic acids is 2. The quantitative estimate of drug-likeness (QED) is 0.514. The van der Waals surface area contributed by atoms with Crippen LogP contribution in [0.2, 0.25) is 0 Å². The third-order valence-corrected chi connectivity index (χ3v) is 5.98. The van der Waals surface area contributed by atoms with E-state index in [1.807, 2.05) is 50.2 Å². The van der Waals surface area contributed by atoms with Gasteiger partial charge >= 0.3 is 0 Å². The van der Waals surface area contributed by atoms with Gasteiger partial charge in [0.15, 0.2) is 5.75 Å². The van der Waals surface area contributed by atoms with E-state index in [9.17, 15) is 9.59 Å². The Bertz CT molecular complexity index is 1160. The molecular formula is C24H22BrN3O3. The van der Waals surface area contributed by atoms with Crippen LogP contribution in [0.5, 0.6) is 11.6 Å². The number of anilines is 2. The number of nitrogens with zero attached hydrogens (tertiary/aromatic N) is 2. The minimum atomic E-state index is -0.184. The van der Waals surface area contributed by atoms with E-state index in [1.54, 1.807) is 23.2 Å². The predicted molar refractivity (Wildman–Crippen MR) is 124 cm³/mol. The lowest BCUT2D eigenvalue weighted by atomic mass is 10.1. The van der Waals surface area contributed by atoms with Crippen molar-refractivity contribution >= 4 is 39.1 Å². The maximum absolute atomic E-state index is 13.2. The van der Waals surface area contributed by atoms with Crippen LogP contribution < -0.4 is 15.0 Å². The molecule has 7 heteroatoms. The molecule has 6 nitrogen and oxygen atoms in total. The van der Waals surface area contributed by atoms with Gasteiger partial charge in [0.1, 0.15) is 5.56 Å². The van der Waals surface area contributed by atoms with E-state index in [0.29, 0.717) is 42.3 Å². The summed E-state index contributed by atoms with van der Waals surface area (Å²) in [5.41, 5.74) is 3.92. The molecule has 31 heavy (non-hydrogen) atoms. The Labute approximate surface area is 189 Å². The highest BCUT2D eigenvalue weighted by Gasteiger charge is 2.28. The van der Waals surface area contributed by atoms with Crippen molar-refractivity contribution in [1.82, 2.24) is 4.98 Å². The first-order valence-electron chi connectivity index (χ1n) is 10.0. The minimum absolute atomic E-state index is 0.0909. The molecule has 2 aromatic carbocycles. The summed E-state index contributed by atoms with van der Waals surface area (Å²) in [5, 5.41) is 2.92. The van der Waals surface area contributed by atoms with E-state index in [0.717, 1.165) is 21.3 Å². The first kappa shape index (κ1) is 21.1. The smallest absolute Gasteiger partial charge is 0.263 e. The molecule has 4 rings (SSSR count). The lowest BCUT2D eigenvalue weighted by Gasteiger charge is -2.22. The van der Waals surface area contributed by atoms with Crippen molar-refractivity contribution in [3.05, 3.63) is 75.9 Å². The zero-order chi connectivity index (χ0) is 22.0. The molecule has 0 aliphatic carbocycles. The molecule has 0 saturated carbocycles. The van der Waals surface area contributed by atoms with E-state index in [4.69, 9.17) is 4.74 Å². The summed E-state index contributed by atoms with van der Waals surface area (Å²) in [6.45, 7) is 4.32. The van der Waals surface area contributed by atoms with Gasteiger partial charge in [0.05, 0.1) is 5.69 Å². The Balaban J connectivity index is 1.49. The van der Waals surface area contributed by atoms with Gasteiger partial charge in [-0.2, -0.15) is 0 Å². The van der Waals surface area contributed by atoms with Crippen LogP contribution in [0.25, 0.3) is 0 Å². The largest absolute Gasteiger partial charge is 0.436 e. The summed E-state index contributed by atoms with van der Waals surface area (Å²) in [7, 11) is 0. The van der Waals surface area contributed by atoms with E-state index >= 15 is 0 Å². The Kier molecular flexibility index (Phi) is 6.04. The van der Waals surface area contributed by atoms with Gasteiger partial charge in [0, 0.05) is 29.3 Å². The molecule has 0 bridgehead atoms. The van der Waals surface area contributed by atoms with Crippen molar-refractivity contribution < 1.29 is 14.3 Å². The molecule has 0 unspecified atom stereocenters. The summed E-state index contributed by atoms with van der Waals surface area (Å²) in [6, 6.07) is 14.8. The fraction of sp³-hybridized carbons (Fsp3) is 0.208. The van der Waals surface area contributed by atoms with E-state index < -0.39 is 0 Å². The number of ether oxygens (including phenoxy) is 1. The third kappa shape index (κ3) is 4.61. The molecule has 2 amide bonds. The number of amides is 2. The summed E-state index contributed by atoms with van der Waals surface area (Å²) in [6.07, 6.45) is 2.40. The zero-order valence-electron chi connectivity index (χ0n) is 17.3. The number of hydrogen-bond acceptors (Lipinski definition) is 4. The van der Waals surface area contributed by atoms with Crippen LogP contribution in [-0.2, 0) is 4.79 Å². The number of aryl methyl sites for hydroxylation is 2. The van der Waals surface area contributed by atoms with E-state index in [2.05, 4.69) is 26.2 Å². The molecule has 0 fully saturated rings. The highest BCUT2D eigenvalue weighted by atomic mass is 79.9. The van der Waals surface area contributed by atoms with Crippen molar-refractivity contribution in [2.45, 2.75) is 26.7 Å². The van der Waals surface area contributed by atoms with Gasteiger partial charge in [0.2, 0.25) is 11.8 Å². The van der Waals surface area contributed by atoms with Crippen molar-refractivity contribution in [2.24, 2.45) is 0 Å². The second-order valence-corrected chi connectivity index (χ2v) is 8.36. The number of benzene rings is 2. The highest BCUT2D eigenvalue weighted by Crippen LogP contribution is 2.38. The number of hydrogen-bond donors (Lipinski definition) is 1. The lowest BCUT2D eigenvalue weighted by molar-refractivity contribution is -0.116. The molecule has 0 radical (unpaired) electrons. The fourth-order valence-electron chi connectivity index (χ4n) is 3.48. The average Bonchev–Trinajstić information content (AvgIpc) is 2.86. The average molecular weight is 480 g/mol. The van der Waals surface area contributed by atoms with E-state index in [-0.39, 0.29) is 11.8 Å². The Morgan fingerprint density at radius 2 is 2.00 bits per heavy atom. The summed E-state index contributed by atoms with van der Waals surface area (Å²) < 4.78 is 6.93. The number of carbonyl (C=O) groups is 2. The van der Waals surface area contributed by atoms with Crippen LogP contribution in [-0.4, -0.2) is 23.3 Å². The third-order valence-electron chi connectivity index (χ3n) is 5.09. The molecule has 3 aromatic rings. The molecule has 0 saturated heterocycles. The molecule has 1 aliphatic heterocycles. The van der Waals surface area contributed by atoms with Gasteiger partial charge in [-0.25, -0.2) is 4.98 Å². The Hall–Kier alpha value is -3.19. The first-order valence-corrected chi connectivity index (χ1v) is 10.8. The molecule has 1 N–H and O–H groups in total. The second-order valence-electron chi connectivity index (χ2n) is 7.50. The van der Waals surface area contributed by atoms with Crippen LogP contribution in [0.1, 0.15) is 34.3 Å². The molecule has 0 spiro atoms.